The molecule has 2 heterocycles. The largest absolute Gasteiger partial charge is 0.486 e. The van der Waals surface area contributed by atoms with E-state index in [-0.39, 0.29) is 10.6 Å². The van der Waals surface area contributed by atoms with Gasteiger partial charge in [-0.3, -0.25) is 0 Å². The lowest BCUT2D eigenvalue weighted by molar-refractivity contribution is 0.171. The molecule has 4 aromatic rings. The van der Waals surface area contributed by atoms with E-state index in [9.17, 15) is 13.2 Å². The van der Waals surface area contributed by atoms with Crippen LogP contribution in [0.3, 0.4) is 0 Å². The zero-order valence-corrected chi connectivity index (χ0v) is 21.6. The van der Waals surface area contributed by atoms with Gasteiger partial charge in [-0.1, -0.05) is 30.3 Å². The Labute approximate surface area is 224 Å². The second-order valence-corrected chi connectivity index (χ2v) is 11.0. The molecule has 9 nitrogen and oxygen atoms in total. The number of aryl methyl sites for hydroxylation is 1. The zero-order valence-electron chi connectivity index (χ0n) is 20.8. The maximum atomic E-state index is 15.5. The average molecular weight is 549 g/mol. The summed E-state index contributed by atoms with van der Waals surface area (Å²) in [6.07, 6.45) is 3.72. The van der Waals surface area contributed by atoms with Crippen LogP contribution in [-0.2, 0) is 16.4 Å². The Bertz CT molecular complexity index is 1730. The molecule has 2 aliphatic rings. The third kappa shape index (κ3) is 4.92. The van der Waals surface area contributed by atoms with Gasteiger partial charge in [0.2, 0.25) is 0 Å². The van der Waals surface area contributed by atoms with Crippen LogP contribution >= 0.6 is 0 Å². The molecule has 6 rings (SSSR count). The minimum atomic E-state index is -4.22. The van der Waals surface area contributed by atoms with Gasteiger partial charge in [-0.2, -0.15) is 5.10 Å². The summed E-state index contributed by atoms with van der Waals surface area (Å²) >= 11 is 0. The first-order valence-corrected chi connectivity index (χ1v) is 14.0. The number of aromatic nitrogens is 2. The molecule has 0 saturated heterocycles. The highest BCUT2D eigenvalue weighted by Gasteiger charge is 2.25. The number of nitrogens with zero attached hydrogens (tertiary/aromatic N) is 2. The van der Waals surface area contributed by atoms with Crippen LogP contribution in [0.1, 0.15) is 24.1 Å². The maximum absolute atomic E-state index is 15.5. The normalized spacial score (nSPS) is 15.9. The van der Waals surface area contributed by atoms with Crippen molar-refractivity contribution in [3.8, 4) is 17.2 Å². The monoisotopic (exact) mass is 548 g/mol. The number of amides is 2. The van der Waals surface area contributed by atoms with Crippen molar-refractivity contribution in [3.63, 3.8) is 0 Å². The Kier molecular flexibility index (Phi) is 6.43. The molecule has 0 radical (unpaired) electrons. The van der Waals surface area contributed by atoms with Gasteiger partial charge >= 0.3 is 6.03 Å². The predicted molar refractivity (Wildman–Crippen MR) is 143 cm³/mol. The highest BCUT2D eigenvalue weighted by atomic mass is 32.2. The van der Waals surface area contributed by atoms with Crippen LogP contribution in [0.2, 0.25) is 0 Å². The number of allylic oxidation sites excluding steroid dienone is 1. The quantitative estimate of drug-likeness (QED) is 0.380. The first-order chi connectivity index (χ1) is 18.9. The Morgan fingerprint density at radius 3 is 2.62 bits per heavy atom. The van der Waals surface area contributed by atoms with Crippen LogP contribution in [0.25, 0.3) is 22.0 Å². The van der Waals surface area contributed by atoms with E-state index < -0.39 is 28.4 Å². The summed E-state index contributed by atoms with van der Waals surface area (Å²) in [6.45, 7) is 0.186. The number of hydrogen-bond donors (Lipinski definition) is 2. The molecule has 0 spiro atoms. The Hall–Kier alpha value is -4.38. The molecule has 1 aliphatic heterocycles. The molecule has 0 unspecified atom stereocenters. The van der Waals surface area contributed by atoms with Gasteiger partial charge in [0.25, 0.3) is 10.0 Å². The molecular formula is C28H25FN4O5S. The first-order valence-electron chi connectivity index (χ1n) is 12.5. The molecule has 1 aromatic heterocycles. The maximum Gasteiger partial charge on any atom is 0.329 e. The number of sulfonamides is 1. The van der Waals surface area contributed by atoms with Crippen LogP contribution in [0.4, 0.5) is 9.18 Å². The average Bonchev–Trinajstić information content (AvgIpc) is 3.39. The summed E-state index contributed by atoms with van der Waals surface area (Å²) in [5, 5.41) is 8.99. The lowest BCUT2D eigenvalue weighted by Gasteiger charge is -2.20. The number of benzene rings is 3. The highest BCUT2D eigenvalue weighted by Crippen LogP contribution is 2.35. The molecule has 11 heteroatoms. The third-order valence-electron chi connectivity index (χ3n) is 6.76. The van der Waals surface area contributed by atoms with Crippen LogP contribution < -0.4 is 19.5 Å². The molecule has 200 valence electrons. The number of ether oxygens (including phenoxy) is 2. The van der Waals surface area contributed by atoms with Gasteiger partial charge in [-0.05, 0) is 59.9 Å². The number of hydrogen-bond acceptors (Lipinski definition) is 6. The van der Waals surface area contributed by atoms with E-state index in [1.54, 1.807) is 10.9 Å². The van der Waals surface area contributed by atoms with Gasteiger partial charge in [-0.25, -0.2) is 27.0 Å². The molecule has 0 atom stereocenters. The number of rotatable bonds is 5. The summed E-state index contributed by atoms with van der Waals surface area (Å²) in [5.41, 5.74) is 2.83. The molecule has 0 fully saturated rings. The fourth-order valence-electron chi connectivity index (χ4n) is 4.90. The second-order valence-electron chi connectivity index (χ2n) is 9.29. The third-order valence-corrected chi connectivity index (χ3v) is 8.09. The van der Waals surface area contributed by atoms with Crippen LogP contribution in [0.5, 0.6) is 11.5 Å². The fraction of sp³-hybridized carbons (Fsp3) is 0.214. The number of carbonyl (C=O) groups excluding carboxylic acids is 1. The van der Waals surface area contributed by atoms with Gasteiger partial charge < -0.3 is 14.8 Å². The van der Waals surface area contributed by atoms with Crippen LogP contribution in [-0.4, -0.2) is 44.0 Å². The number of halogens is 1. The predicted octanol–water partition coefficient (Wildman–Crippen LogP) is 4.50. The molecule has 0 saturated carbocycles. The Morgan fingerprint density at radius 2 is 1.77 bits per heavy atom. The van der Waals surface area contributed by atoms with Crippen molar-refractivity contribution >= 4 is 32.4 Å². The summed E-state index contributed by atoms with van der Waals surface area (Å²) < 4.78 is 55.4. The summed E-state index contributed by atoms with van der Waals surface area (Å²) in [7, 11) is -4.22. The number of carbonyl (C=O) groups is 1. The Morgan fingerprint density at radius 1 is 0.974 bits per heavy atom. The van der Waals surface area contributed by atoms with Crippen molar-refractivity contribution in [2.24, 2.45) is 0 Å². The topological polar surface area (TPSA) is 112 Å². The number of urea groups is 1. The molecule has 39 heavy (non-hydrogen) atoms. The Balaban J connectivity index is 1.20. The van der Waals surface area contributed by atoms with Crippen LogP contribution in [0, 0.1) is 0 Å². The minimum absolute atomic E-state index is 0.170. The van der Waals surface area contributed by atoms with E-state index in [0.29, 0.717) is 36.7 Å². The van der Waals surface area contributed by atoms with E-state index in [0.717, 1.165) is 34.9 Å². The minimum Gasteiger partial charge on any atom is -0.486 e. The smallest absolute Gasteiger partial charge is 0.329 e. The van der Waals surface area contributed by atoms with Gasteiger partial charge in [0, 0.05) is 11.6 Å². The lowest BCUT2D eigenvalue weighted by atomic mass is 9.92. The van der Waals surface area contributed by atoms with Gasteiger partial charge in [0.15, 0.2) is 11.5 Å². The van der Waals surface area contributed by atoms with Crippen LogP contribution in [0.15, 0.2) is 77.6 Å². The van der Waals surface area contributed by atoms with E-state index in [4.69, 9.17) is 9.47 Å². The summed E-state index contributed by atoms with van der Waals surface area (Å²) in [6, 6.07) is 16.9. The van der Waals surface area contributed by atoms with E-state index in [1.165, 1.54) is 18.2 Å². The molecule has 2 amide bonds. The zero-order chi connectivity index (χ0) is 27.0. The van der Waals surface area contributed by atoms with E-state index in [1.807, 2.05) is 47.2 Å². The molecule has 2 N–H and O–H groups in total. The van der Waals surface area contributed by atoms with Gasteiger partial charge in [0.1, 0.15) is 19.0 Å². The van der Waals surface area contributed by atoms with Crippen molar-refractivity contribution in [3.05, 3.63) is 83.9 Å². The summed E-state index contributed by atoms with van der Waals surface area (Å²) in [4.78, 5) is 12.3. The van der Waals surface area contributed by atoms with Gasteiger partial charge in [-0.15, -0.1) is 0 Å². The first kappa shape index (κ1) is 24.9. The second kappa shape index (κ2) is 10.1. The van der Waals surface area contributed by atoms with Gasteiger partial charge in [0.05, 0.1) is 29.0 Å². The molecule has 0 bridgehead atoms. The van der Waals surface area contributed by atoms with Crippen molar-refractivity contribution in [1.82, 2.24) is 19.8 Å². The SMILES string of the molecule is O=C(NCC(F)=C1CCCc2cnn(-c3ccc4ccccc4c3)c21)NS(=O)(=O)c1ccc2c(c1)OCCO2. The van der Waals surface area contributed by atoms with E-state index in [2.05, 4.69) is 10.4 Å². The fourth-order valence-corrected chi connectivity index (χ4v) is 5.85. The van der Waals surface area contributed by atoms with Crippen molar-refractivity contribution < 1.29 is 27.1 Å². The highest BCUT2D eigenvalue weighted by molar-refractivity contribution is 7.90. The number of fused-ring (bicyclic) bond motifs is 3. The lowest BCUT2D eigenvalue weighted by Crippen LogP contribution is -2.40. The number of nitrogens with one attached hydrogen (secondary N) is 2. The van der Waals surface area contributed by atoms with E-state index >= 15 is 4.39 Å². The molecule has 1 aliphatic carbocycles. The molecule has 3 aromatic carbocycles. The molecular weight excluding hydrogens is 523 g/mol. The standard InChI is InChI=1S/C28H25FN4O5S/c29-24(17-30-28(34)32-39(35,36)22-10-11-25-26(15-22)38-13-12-37-25)23-7-3-6-20-16-31-33(27(20)23)21-9-8-18-4-1-2-5-19(18)14-21/h1-2,4-5,8-11,14-16H,3,6-7,12-13,17H2,(H2,30,32,34). The van der Waals surface area contributed by atoms with Crippen molar-refractivity contribution in [2.45, 2.75) is 24.2 Å². The van der Waals surface area contributed by atoms with Crippen molar-refractivity contribution in [2.75, 3.05) is 19.8 Å². The summed E-state index contributed by atoms with van der Waals surface area (Å²) in [5.74, 6) is 0.148. The van der Waals surface area contributed by atoms with Crippen molar-refractivity contribution in [1.29, 1.82) is 0 Å².